The molecule has 17 atom stereocenters. The van der Waals surface area contributed by atoms with E-state index in [2.05, 4.69) is 0 Å². The lowest BCUT2D eigenvalue weighted by atomic mass is 9.79. The molecule has 0 saturated carbocycles. The summed E-state index contributed by atoms with van der Waals surface area (Å²) in [5, 5.41) is 33.2. The van der Waals surface area contributed by atoms with E-state index in [0.29, 0.717) is 32.5 Å². The molecule has 0 amide bonds. The molecule has 0 aliphatic carbocycles. The summed E-state index contributed by atoms with van der Waals surface area (Å²) in [6, 6.07) is -0.666. The highest BCUT2D eigenvalue weighted by molar-refractivity contribution is 5.91. The minimum absolute atomic E-state index is 0.0661. The van der Waals surface area contributed by atoms with Gasteiger partial charge in [0, 0.05) is 38.6 Å². The molecule has 5 unspecified atom stereocenters. The number of nitrogens with zero attached hydrogens (tertiary/aromatic N) is 1. The van der Waals surface area contributed by atoms with Gasteiger partial charge in [0.05, 0.1) is 62.8 Å². The van der Waals surface area contributed by atoms with Crippen molar-refractivity contribution in [1.29, 1.82) is 0 Å². The number of hydrogen-bond donors (Lipinski definition) is 3. The molecule has 0 aromatic heterocycles. The molecule has 4 aliphatic heterocycles. The highest BCUT2D eigenvalue weighted by Crippen LogP contribution is 2.36. The Bertz CT molecular complexity index is 1370. The van der Waals surface area contributed by atoms with Gasteiger partial charge in [-0.05, 0) is 66.1 Å². The highest BCUT2D eigenvalue weighted by atomic mass is 16.7. The van der Waals surface area contributed by atoms with E-state index in [0.717, 1.165) is 5.57 Å². The van der Waals surface area contributed by atoms with Gasteiger partial charge in [0.25, 0.3) is 0 Å². The van der Waals surface area contributed by atoms with Crippen molar-refractivity contribution in [3.8, 4) is 0 Å². The number of ketones is 1. The molecular formula is C43H71NO14. The number of aliphatic hydroxyl groups is 3. The van der Waals surface area contributed by atoms with Gasteiger partial charge in [0.2, 0.25) is 0 Å². The van der Waals surface area contributed by atoms with Crippen LogP contribution in [0.15, 0.2) is 36.0 Å². The van der Waals surface area contributed by atoms with Crippen molar-refractivity contribution >= 4 is 11.8 Å². The van der Waals surface area contributed by atoms with E-state index in [-0.39, 0.29) is 31.3 Å². The number of carbonyl (C=O) groups is 2. The smallest absolute Gasteiger partial charge is 0.308 e. The van der Waals surface area contributed by atoms with Crippen molar-refractivity contribution in [3.05, 3.63) is 36.0 Å². The maximum atomic E-state index is 14.1. The van der Waals surface area contributed by atoms with Gasteiger partial charge in [-0.3, -0.25) is 9.59 Å². The molecule has 2 bridgehead atoms. The van der Waals surface area contributed by atoms with Gasteiger partial charge in [-0.1, -0.05) is 50.6 Å². The SMILES string of the molecule is CC[C@H]1OC(=O)C[C@H]2OC/C=C/COCC[C@@H](C[C@@H](C)C(=O)/C=C/C(C)=C/[C@@H]1CO[C@@H]1OC(C)[C@@H](O)[C@H](OC)C1OC)[C@H](O[C@@H]1OC(C)[C@@H](O)C(N(C)C)C1O)[C@H]2C. The number of esters is 1. The van der Waals surface area contributed by atoms with Gasteiger partial charge in [-0.15, -0.1) is 0 Å². The molecule has 0 aromatic carbocycles. The topological polar surface area (TPSA) is 181 Å². The van der Waals surface area contributed by atoms with E-state index in [1.54, 1.807) is 45.0 Å². The number of rotatable bonds is 9. The summed E-state index contributed by atoms with van der Waals surface area (Å²) in [7, 11) is 6.56. The zero-order valence-electron chi connectivity index (χ0n) is 36.1. The third-order valence-corrected chi connectivity index (χ3v) is 12.1. The Morgan fingerprint density at radius 3 is 2.21 bits per heavy atom. The minimum atomic E-state index is -1.20. The lowest BCUT2D eigenvalue weighted by Crippen LogP contribution is -2.63. The second-order valence-corrected chi connectivity index (χ2v) is 16.6. The Morgan fingerprint density at radius 2 is 1.53 bits per heavy atom. The van der Waals surface area contributed by atoms with Crippen LogP contribution < -0.4 is 0 Å². The molecule has 58 heavy (non-hydrogen) atoms. The van der Waals surface area contributed by atoms with E-state index >= 15 is 0 Å². The Hall–Kier alpha value is -2.12. The molecule has 332 valence electrons. The molecule has 3 N–H and O–H groups in total. The summed E-state index contributed by atoms with van der Waals surface area (Å²) in [5.74, 6) is -2.18. The number of cyclic esters (lactones) is 1. The molecule has 4 rings (SSSR count). The molecular weight excluding hydrogens is 754 g/mol. The molecule has 0 spiro atoms. The largest absolute Gasteiger partial charge is 0.462 e. The second kappa shape index (κ2) is 23.2. The maximum Gasteiger partial charge on any atom is 0.308 e. The lowest BCUT2D eigenvalue weighted by Gasteiger charge is -2.47. The van der Waals surface area contributed by atoms with Crippen LogP contribution in [0.3, 0.4) is 0 Å². The van der Waals surface area contributed by atoms with Crippen LogP contribution in [-0.2, 0) is 52.2 Å². The first-order valence-corrected chi connectivity index (χ1v) is 20.9. The third-order valence-electron chi connectivity index (χ3n) is 12.1. The second-order valence-electron chi connectivity index (χ2n) is 16.6. The molecule has 2 saturated heterocycles. The average Bonchev–Trinajstić information content (AvgIpc) is 3.18. The summed E-state index contributed by atoms with van der Waals surface area (Å²) in [6.07, 6.45) is 0.533. The number of allylic oxidation sites excluding steroid dienone is 3. The lowest BCUT2D eigenvalue weighted by molar-refractivity contribution is -0.305. The van der Waals surface area contributed by atoms with Crippen LogP contribution in [-0.4, -0.2) is 166 Å². The summed E-state index contributed by atoms with van der Waals surface area (Å²) in [4.78, 5) is 29.7. The first-order valence-electron chi connectivity index (χ1n) is 20.9. The zero-order valence-corrected chi connectivity index (χ0v) is 36.1. The first-order chi connectivity index (χ1) is 27.6. The summed E-state index contributed by atoms with van der Waals surface area (Å²) in [6.45, 7) is 12.1. The van der Waals surface area contributed by atoms with Crippen LogP contribution in [0.5, 0.6) is 0 Å². The monoisotopic (exact) mass is 825 g/mol. The maximum absolute atomic E-state index is 14.1. The fourth-order valence-corrected chi connectivity index (χ4v) is 8.59. The van der Waals surface area contributed by atoms with Crippen LogP contribution in [0.2, 0.25) is 0 Å². The predicted octanol–water partition coefficient (Wildman–Crippen LogP) is 2.97. The minimum Gasteiger partial charge on any atom is -0.462 e. The van der Waals surface area contributed by atoms with E-state index in [1.807, 2.05) is 45.9 Å². The molecule has 0 radical (unpaired) electrons. The summed E-state index contributed by atoms with van der Waals surface area (Å²) in [5.41, 5.74) is 0.771. The van der Waals surface area contributed by atoms with Crippen molar-refractivity contribution in [1.82, 2.24) is 4.90 Å². The molecule has 4 aliphatic rings. The summed E-state index contributed by atoms with van der Waals surface area (Å²) >= 11 is 0. The standard InChI is InChI=1S/C43H71NO14/c1-11-32-30(23-54-43-41(51-10)40(50-9)37(48)28(6)56-43)20-24(2)14-15-31(45)25(3)21-29-16-19-52-17-12-13-18-53-33(22-34(46)57-32)26(4)39(29)58-42-38(49)35(44(7)8)36(47)27(5)55-42/h12-15,20,25-30,32-33,35-43,47-49H,11,16-19,21-23H2,1-10H3/b13-12+,15-14+,24-20+/t25-,26+,27?,28?,29+,30-,32-,33-,35?,36-,37-,38?,39-,40+,41?,42+,43-/m1/s1. The summed E-state index contributed by atoms with van der Waals surface area (Å²) < 4.78 is 55.2. The van der Waals surface area contributed by atoms with Crippen molar-refractivity contribution in [2.75, 3.05) is 54.7 Å². The van der Waals surface area contributed by atoms with Crippen LogP contribution in [0, 0.1) is 23.7 Å². The predicted molar refractivity (Wildman–Crippen MR) is 214 cm³/mol. The molecule has 2 fully saturated rings. The van der Waals surface area contributed by atoms with Gasteiger partial charge in [-0.2, -0.15) is 0 Å². The van der Waals surface area contributed by atoms with Crippen LogP contribution in [0.4, 0.5) is 0 Å². The molecule has 15 nitrogen and oxygen atoms in total. The third kappa shape index (κ3) is 12.7. The Morgan fingerprint density at radius 1 is 0.862 bits per heavy atom. The zero-order chi connectivity index (χ0) is 42.7. The van der Waals surface area contributed by atoms with Crippen molar-refractivity contribution < 1.29 is 67.5 Å². The van der Waals surface area contributed by atoms with Gasteiger partial charge in [0.15, 0.2) is 18.4 Å². The Labute approximate surface area is 344 Å². The van der Waals surface area contributed by atoms with Gasteiger partial charge in [0.1, 0.15) is 30.5 Å². The Balaban J connectivity index is 1.71. The fourth-order valence-electron chi connectivity index (χ4n) is 8.59. The average molecular weight is 826 g/mol. The van der Waals surface area contributed by atoms with Gasteiger partial charge in [-0.25, -0.2) is 0 Å². The number of carbonyl (C=O) groups excluding carboxylic acids is 2. The number of fused-ring (bicyclic) bond motifs is 3. The van der Waals surface area contributed by atoms with Gasteiger partial charge < -0.3 is 62.9 Å². The van der Waals surface area contributed by atoms with Gasteiger partial charge >= 0.3 is 5.97 Å². The molecule has 15 heteroatoms. The van der Waals surface area contributed by atoms with E-state index < -0.39 is 103 Å². The Kier molecular flexibility index (Phi) is 19.4. The van der Waals surface area contributed by atoms with Crippen molar-refractivity contribution in [2.45, 2.75) is 147 Å². The first kappa shape index (κ1) is 48.5. The number of aliphatic hydroxyl groups excluding tert-OH is 3. The molecule has 4 heterocycles. The molecule has 0 aromatic rings. The normalized spacial score (nSPS) is 43.8. The van der Waals surface area contributed by atoms with Crippen LogP contribution in [0.25, 0.3) is 0 Å². The van der Waals surface area contributed by atoms with E-state index in [4.69, 9.17) is 42.6 Å². The number of hydrogen-bond acceptors (Lipinski definition) is 15. The van der Waals surface area contributed by atoms with Crippen molar-refractivity contribution in [3.63, 3.8) is 0 Å². The van der Waals surface area contributed by atoms with Crippen LogP contribution in [0.1, 0.15) is 67.2 Å². The fraction of sp³-hybridized carbons (Fsp3) is 0.814. The number of likely N-dealkylation sites (N-methyl/N-ethyl adjacent to an activating group) is 1. The number of methoxy groups -OCH3 is 2. The van der Waals surface area contributed by atoms with Crippen LogP contribution >= 0.6 is 0 Å². The van der Waals surface area contributed by atoms with E-state index in [9.17, 15) is 24.9 Å². The highest BCUT2D eigenvalue weighted by Gasteiger charge is 2.48. The number of ether oxygens (including phenoxy) is 9. The van der Waals surface area contributed by atoms with E-state index in [1.165, 1.54) is 14.2 Å². The van der Waals surface area contributed by atoms with Crippen molar-refractivity contribution in [2.24, 2.45) is 23.7 Å². The quantitative estimate of drug-likeness (QED) is 0.228.